The summed E-state index contributed by atoms with van der Waals surface area (Å²) in [5.74, 6) is 0. The van der Waals surface area contributed by atoms with E-state index in [1.165, 1.54) is 31.9 Å². The fraction of sp³-hybridized carbons (Fsp3) is 0.929. The normalized spacial score (nSPS) is 33.8. The van der Waals surface area contributed by atoms with E-state index >= 15 is 0 Å². The molecule has 0 bridgehead atoms. The molecule has 0 amide bonds. The first kappa shape index (κ1) is 14.8. The van der Waals surface area contributed by atoms with Gasteiger partial charge in [-0.05, 0) is 32.1 Å². The predicted octanol–water partition coefficient (Wildman–Crippen LogP) is 2.16. The zero-order chi connectivity index (χ0) is 13.9. The highest BCUT2D eigenvalue weighted by molar-refractivity contribution is 7.91. The second-order valence-electron chi connectivity index (χ2n) is 6.13. The van der Waals surface area contributed by atoms with Crippen LogP contribution in [0.4, 0.5) is 0 Å². The van der Waals surface area contributed by atoms with Crippen molar-refractivity contribution < 1.29 is 8.42 Å². The van der Waals surface area contributed by atoms with Crippen molar-refractivity contribution in [3.8, 4) is 6.07 Å². The van der Waals surface area contributed by atoms with Gasteiger partial charge in [-0.3, -0.25) is 5.32 Å². The molecule has 0 aromatic heterocycles. The standard InChI is InChI=1S/C14H24N2O2S/c1-19(17,18)13-9-6-10-14(13,11-15)16-12-7-4-2-3-5-8-12/h12-13,16H,2-10H2,1H3. The topological polar surface area (TPSA) is 70.0 Å². The van der Waals surface area contributed by atoms with Gasteiger partial charge in [0, 0.05) is 12.3 Å². The first-order valence-electron chi connectivity index (χ1n) is 7.36. The smallest absolute Gasteiger partial charge is 0.153 e. The summed E-state index contributed by atoms with van der Waals surface area (Å²) in [6.45, 7) is 0. The van der Waals surface area contributed by atoms with Crippen molar-refractivity contribution in [1.29, 1.82) is 5.26 Å². The quantitative estimate of drug-likeness (QED) is 0.806. The summed E-state index contributed by atoms with van der Waals surface area (Å²) >= 11 is 0. The lowest BCUT2D eigenvalue weighted by Crippen LogP contribution is -2.56. The molecule has 2 rings (SSSR count). The molecule has 4 nitrogen and oxygen atoms in total. The lowest BCUT2D eigenvalue weighted by atomic mass is 9.95. The molecule has 2 unspecified atom stereocenters. The molecule has 19 heavy (non-hydrogen) atoms. The van der Waals surface area contributed by atoms with E-state index in [4.69, 9.17) is 0 Å². The minimum Gasteiger partial charge on any atom is -0.296 e. The van der Waals surface area contributed by atoms with Gasteiger partial charge < -0.3 is 0 Å². The third-order valence-corrected chi connectivity index (χ3v) is 6.29. The fourth-order valence-corrected chi connectivity index (χ4v) is 5.23. The maximum atomic E-state index is 11.9. The molecule has 5 heteroatoms. The van der Waals surface area contributed by atoms with E-state index in [1.54, 1.807) is 0 Å². The van der Waals surface area contributed by atoms with Crippen LogP contribution in [-0.4, -0.2) is 31.5 Å². The number of sulfone groups is 1. The Hall–Kier alpha value is -0.600. The molecule has 2 fully saturated rings. The Kier molecular flexibility index (Phi) is 4.52. The summed E-state index contributed by atoms with van der Waals surface area (Å²) < 4.78 is 23.9. The lowest BCUT2D eigenvalue weighted by molar-refractivity contribution is 0.335. The van der Waals surface area contributed by atoms with Crippen LogP contribution in [-0.2, 0) is 9.84 Å². The Morgan fingerprint density at radius 2 is 1.74 bits per heavy atom. The van der Waals surface area contributed by atoms with E-state index in [0.29, 0.717) is 18.9 Å². The van der Waals surface area contributed by atoms with E-state index in [0.717, 1.165) is 19.3 Å². The lowest BCUT2D eigenvalue weighted by Gasteiger charge is -2.33. The van der Waals surface area contributed by atoms with Crippen LogP contribution in [0.15, 0.2) is 0 Å². The highest BCUT2D eigenvalue weighted by atomic mass is 32.2. The van der Waals surface area contributed by atoms with Gasteiger partial charge in [0.2, 0.25) is 0 Å². The molecule has 0 aliphatic heterocycles. The molecule has 2 atom stereocenters. The van der Waals surface area contributed by atoms with Crippen molar-refractivity contribution >= 4 is 9.84 Å². The number of hydrogen-bond acceptors (Lipinski definition) is 4. The minimum absolute atomic E-state index is 0.310. The van der Waals surface area contributed by atoms with Crippen LogP contribution in [0, 0.1) is 11.3 Å². The molecule has 0 aromatic carbocycles. The van der Waals surface area contributed by atoms with Gasteiger partial charge in [-0.25, -0.2) is 8.42 Å². The Morgan fingerprint density at radius 3 is 2.26 bits per heavy atom. The number of nitrogens with zero attached hydrogens (tertiary/aromatic N) is 1. The minimum atomic E-state index is -3.17. The highest BCUT2D eigenvalue weighted by Gasteiger charge is 2.49. The van der Waals surface area contributed by atoms with Crippen molar-refractivity contribution in [1.82, 2.24) is 5.32 Å². The highest BCUT2D eigenvalue weighted by Crippen LogP contribution is 2.36. The molecule has 0 aromatic rings. The Morgan fingerprint density at radius 1 is 1.11 bits per heavy atom. The SMILES string of the molecule is CS(=O)(=O)C1CCCC1(C#N)NC1CCCCCC1. The Labute approximate surface area is 116 Å². The largest absolute Gasteiger partial charge is 0.296 e. The van der Waals surface area contributed by atoms with Gasteiger partial charge in [-0.2, -0.15) is 5.26 Å². The second-order valence-corrected chi connectivity index (χ2v) is 8.35. The number of hydrogen-bond donors (Lipinski definition) is 1. The van der Waals surface area contributed by atoms with Crippen LogP contribution >= 0.6 is 0 Å². The van der Waals surface area contributed by atoms with E-state index < -0.39 is 20.6 Å². The summed E-state index contributed by atoms with van der Waals surface area (Å²) in [6, 6.07) is 2.62. The van der Waals surface area contributed by atoms with Gasteiger partial charge in [0.25, 0.3) is 0 Å². The number of nitriles is 1. The maximum Gasteiger partial charge on any atom is 0.153 e. The summed E-state index contributed by atoms with van der Waals surface area (Å²) in [5, 5.41) is 12.5. The number of nitrogens with one attached hydrogen (secondary N) is 1. The molecule has 0 saturated heterocycles. The zero-order valence-corrected chi connectivity index (χ0v) is 12.5. The van der Waals surface area contributed by atoms with Crippen molar-refractivity contribution in [2.75, 3.05) is 6.26 Å². The van der Waals surface area contributed by atoms with Gasteiger partial charge in [0.15, 0.2) is 9.84 Å². The van der Waals surface area contributed by atoms with E-state index in [2.05, 4.69) is 11.4 Å². The summed E-state index contributed by atoms with van der Waals surface area (Å²) in [7, 11) is -3.17. The van der Waals surface area contributed by atoms with Crippen molar-refractivity contribution in [2.24, 2.45) is 0 Å². The Balaban J connectivity index is 2.15. The van der Waals surface area contributed by atoms with Crippen molar-refractivity contribution in [3.05, 3.63) is 0 Å². The molecule has 1 N–H and O–H groups in total. The third kappa shape index (κ3) is 3.29. The van der Waals surface area contributed by atoms with Crippen LogP contribution in [0.25, 0.3) is 0 Å². The van der Waals surface area contributed by atoms with Crippen molar-refractivity contribution in [3.63, 3.8) is 0 Å². The van der Waals surface area contributed by atoms with E-state index in [9.17, 15) is 13.7 Å². The summed E-state index contributed by atoms with van der Waals surface area (Å²) in [4.78, 5) is 0. The molecule has 2 aliphatic rings. The van der Waals surface area contributed by atoms with Crippen LogP contribution in [0.1, 0.15) is 57.8 Å². The summed E-state index contributed by atoms with van der Waals surface area (Å²) in [5.41, 5.74) is -0.845. The second kappa shape index (κ2) is 5.80. The van der Waals surface area contributed by atoms with Crippen LogP contribution in [0.2, 0.25) is 0 Å². The first-order valence-corrected chi connectivity index (χ1v) is 9.31. The Bertz CT molecular complexity index is 447. The third-order valence-electron chi connectivity index (χ3n) is 4.62. The van der Waals surface area contributed by atoms with Crippen LogP contribution in [0.3, 0.4) is 0 Å². The van der Waals surface area contributed by atoms with Gasteiger partial charge in [-0.1, -0.05) is 25.7 Å². The molecular weight excluding hydrogens is 260 g/mol. The average molecular weight is 284 g/mol. The first-order chi connectivity index (χ1) is 8.98. The molecule has 0 heterocycles. The molecule has 0 radical (unpaired) electrons. The molecule has 2 aliphatic carbocycles. The zero-order valence-electron chi connectivity index (χ0n) is 11.7. The van der Waals surface area contributed by atoms with Gasteiger partial charge >= 0.3 is 0 Å². The van der Waals surface area contributed by atoms with Gasteiger partial charge in [0.1, 0.15) is 5.54 Å². The average Bonchev–Trinajstić information content (AvgIpc) is 2.61. The molecule has 2 saturated carbocycles. The monoisotopic (exact) mass is 284 g/mol. The fourth-order valence-electron chi connectivity index (χ4n) is 3.67. The molecule has 108 valence electrons. The van der Waals surface area contributed by atoms with Crippen molar-refractivity contribution in [2.45, 2.75) is 74.6 Å². The molecular formula is C14H24N2O2S. The summed E-state index contributed by atoms with van der Waals surface area (Å²) in [6.07, 6.45) is 10.4. The maximum absolute atomic E-state index is 11.9. The number of rotatable bonds is 3. The molecule has 0 spiro atoms. The van der Waals surface area contributed by atoms with Gasteiger partial charge in [0.05, 0.1) is 11.3 Å². The van der Waals surface area contributed by atoms with Crippen LogP contribution < -0.4 is 5.32 Å². The van der Waals surface area contributed by atoms with Gasteiger partial charge in [-0.15, -0.1) is 0 Å². The van der Waals surface area contributed by atoms with E-state index in [-0.39, 0.29) is 0 Å². The van der Waals surface area contributed by atoms with Crippen LogP contribution in [0.5, 0.6) is 0 Å². The predicted molar refractivity (Wildman–Crippen MR) is 75.5 cm³/mol. The van der Waals surface area contributed by atoms with E-state index in [1.807, 2.05) is 0 Å².